The molecular weight excluding hydrogens is 350 g/mol. The zero-order valence-corrected chi connectivity index (χ0v) is 15.0. The molecule has 3 rings (SSSR count). The van der Waals surface area contributed by atoms with Gasteiger partial charge in [0.2, 0.25) is 11.8 Å². The Morgan fingerprint density at radius 2 is 1.74 bits per heavy atom. The minimum absolute atomic E-state index is 0.0144. The monoisotopic (exact) mass is 372 g/mol. The molecule has 27 heavy (non-hydrogen) atoms. The van der Waals surface area contributed by atoms with Gasteiger partial charge in [-0.2, -0.15) is 0 Å². The molecule has 2 amide bonds. The smallest absolute Gasteiger partial charge is 0.225 e. The van der Waals surface area contributed by atoms with Gasteiger partial charge < -0.3 is 10.2 Å². The Balaban J connectivity index is 1.52. The topological polar surface area (TPSA) is 49.4 Å². The van der Waals surface area contributed by atoms with Gasteiger partial charge in [-0.15, -0.1) is 0 Å². The number of amides is 2. The van der Waals surface area contributed by atoms with Gasteiger partial charge in [-0.1, -0.05) is 24.3 Å². The van der Waals surface area contributed by atoms with Crippen LogP contribution in [0.1, 0.15) is 24.0 Å². The molecule has 0 aromatic heterocycles. The standard InChI is InChI=1S/C21H22F2N2O2/c22-18-5-1-3-15(11-18)9-10-25-14-17(7-8-20(25)26)21(27)24-13-16-4-2-6-19(23)12-16/h1-6,11-12,17H,7-10,13-14H2,(H,24,27)/t17-/m0/s1. The fraction of sp³-hybridized carbons (Fsp3) is 0.333. The average molecular weight is 372 g/mol. The van der Waals surface area contributed by atoms with E-state index in [1.54, 1.807) is 23.1 Å². The quantitative estimate of drug-likeness (QED) is 0.847. The Kier molecular flexibility index (Phi) is 6.16. The van der Waals surface area contributed by atoms with E-state index in [0.717, 1.165) is 5.56 Å². The molecule has 2 aromatic carbocycles. The number of halogens is 2. The van der Waals surface area contributed by atoms with E-state index >= 15 is 0 Å². The highest BCUT2D eigenvalue weighted by molar-refractivity contribution is 5.83. The van der Waals surface area contributed by atoms with Crippen molar-refractivity contribution in [3.05, 3.63) is 71.3 Å². The molecule has 1 fully saturated rings. The molecule has 0 spiro atoms. The lowest BCUT2D eigenvalue weighted by Gasteiger charge is -2.32. The van der Waals surface area contributed by atoms with E-state index in [9.17, 15) is 18.4 Å². The van der Waals surface area contributed by atoms with Gasteiger partial charge in [-0.3, -0.25) is 9.59 Å². The van der Waals surface area contributed by atoms with Crippen LogP contribution in [-0.4, -0.2) is 29.8 Å². The SMILES string of the molecule is O=C(NCc1cccc(F)c1)[C@H]1CCC(=O)N(CCc2cccc(F)c2)C1. The summed E-state index contributed by atoms with van der Waals surface area (Å²) in [6.45, 7) is 1.06. The molecule has 4 nitrogen and oxygen atoms in total. The van der Waals surface area contributed by atoms with Crippen LogP contribution in [0.2, 0.25) is 0 Å². The van der Waals surface area contributed by atoms with Crippen molar-refractivity contribution < 1.29 is 18.4 Å². The predicted octanol–water partition coefficient (Wildman–Crippen LogP) is 3.06. The molecule has 1 atom stereocenters. The third kappa shape index (κ3) is 5.36. The molecule has 1 saturated heterocycles. The van der Waals surface area contributed by atoms with E-state index < -0.39 is 0 Å². The van der Waals surface area contributed by atoms with Crippen LogP contribution in [0.15, 0.2) is 48.5 Å². The molecule has 0 unspecified atom stereocenters. The van der Waals surface area contributed by atoms with Crippen LogP contribution in [0.25, 0.3) is 0 Å². The number of likely N-dealkylation sites (tertiary alicyclic amines) is 1. The first-order chi connectivity index (χ1) is 13.0. The molecule has 1 heterocycles. The summed E-state index contributed by atoms with van der Waals surface area (Å²) in [4.78, 5) is 26.2. The van der Waals surface area contributed by atoms with E-state index in [1.165, 1.54) is 24.3 Å². The second-order valence-corrected chi connectivity index (χ2v) is 6.80. The normalized spacial score (nSPS) is 17.0. The van der Waals surface area contributed by atoms with Gasteiger partial charge >= 0.3 is 0 Å². The first kappa shape index (κ1) is 19.0. The molecule has 1 aliphatic heterocycles. The maximum absolute atomic E-state index is 13.3. The van der Waals surface area contributed by atoms with Crippen molar-refractivity contribution in [2.45, 2.75) is 25.8 Å². The number of piperidine rings is 1. The van der Waals surface area contributed by atoms with Crippen LogP contribution < -0.4 is 5.32 Å². The predicted molar refractivity (Wildman–Crippen MR) is 97.7 cm³/mol. The minimum Gasteiger partial charge on any atom is -0.352 e. The average Bonchev–Trinajstić information content (AvgIpc) is 2.65. The number of nitrogens with one attached hydrogen (secondary N) is 1. The van der Waals surface area contributed by atoms with Crippen molar-refractivity contribution in [1.29, 1.82) is 0 Å². The third-order valence-corrected chi connectivity index (χ3v) is 4.79. The van der Waals surface area contributed by atoms with Gasteiger partial charge in [0.15, 0.2) is 0 Å². The van der Waals surface area contributed by atoms with Gasteiger partial charge in [0.05, 0.1) is 5.92 Å². The van der Waals surface area contributed by atoms with Gasteiger partial charge in [0.1, 0.15) is 11.6 Å². The molecule has 0 aliphatic carbocycles. The van der Waals surface area contributed by atoms with Gasteiger partial charge in [-0.25, -0.2) is 8.78 Å². The number of rotatable bonds is 6. The maximum atomic E-state index is 13.3. The molecule has 2 aromatic rings. The summed E-state index contributed by atoms with van der Waals surface area (Å²) < 4.78 is 26.5. The molecule has 0 bridgehead atoms. The fourth-order valence-electron chi connectivity index (χ4n) is 3.28. The van der Waals surface area contributed by atoms with Crippen LogP contribution in [0.4, 0.5) is 8.78 Å². The van der Waals surface area contributed by atoms with Crippen LogP contribution in [0.5, 0.6) is 0 Å². The summed E-state index contributed by atoms with van der Waals surface area (Å²) in [7, 11) is 0. The molecule has 1 N–H and O–H groups in total. The van der Waals surface area contributed by atoms with Crippen LogP contribution >= 0.6 is 0 Å². The summed E-state index contributed by atoms with van der Waals surface area (Å²) in [5.74, 6) is -1.05. The van der Waals surface area contributed by atoms with Crippen molar-refractivity contribution in [1.82, 2.24) is 10.2 Å². The first-order valence-corrected chi connectivity index (χ1v) is 9.05. The first-order valence-electron chi connectivity index (χ1n) is 9.05. The second kappa shape index (κ2) is 8.75. The Hall–Kier alpha value is -2.76. The lowest BCUT2D eigenvalue weighted by molar-refractivity contribution is -0.138. The zero-order chi connectivity index (χ0) is 19.2. The molecule has 1 aliphatic rings. The number of nitrogens with zero attached hydrogens (tertiary/aromatic N) is 1. The molecule has 142 valence electrons. The minimum atomic E-state index is -0.339. The van der Waals surface area contributed by atoms with Gasteiger partial charge in [0.25, 0.3) is 0 Å². The summed E-state index contributed by atoms with van der Waals surface area (Å²) in [5.41, 5.74) is 1.51. The summed E-state index contributed by atoms with van der Waals surface area (Å²) >= 11 is 0. The van der Waals surface area contributed by atoms with E-state index in [2.05, 4.69) is 5.32 Å². The number of carbonyl (C=O) groups is 2. The van der Waals surface area contributed by atoms with E-state index in [1.807, 2.05) is 6.07 Å². The van der Waals surface area contributed by atoms with Crippen LogP contribution in [0, 0.1) is 17.6 Å². The van der Waals surface area contributed by atoms with Gasteiger partial charge in [0, 0.05) is 26.1 Å². The molecule has 0 radical (unpaired) electrons. The highest BCUT2D eigenvalue weighted by atomic mass is 19.1. The molecule has 6 heteroatoms. The lowest BCUT2D eigenvalue weighted by Crippen LogP contribution is -2.46. The van der Waals surface area contributed by atoms with Crippen molar-refractivity contribution >= 4 is 11.8 Å². The lowest BCUT2D eigenvalue weighted by atomic mass is 9.96. The van der Waals surface area contributed by atoms with E-state index in [-0.39, 0.29) is 35.9 Å². The number of hydrogen-bond acceptors (Lipinski definition) is 2. The largest absolute Gasteiger partial charge is 0.352 e. The highest BCUT2D eigenvalue weighted by Gasteiger charge is 2.29. The molecule has 0 saturated carbocycles. The van der Waals surface area contributed by atoms with Crippen LogP contribution in [-0.2, 0) is 22.6 Å². The van der Waals surface area contributed by atoms with Crippen molar-refractivity contribution in [3.63, 3.8) is 0 Å². The Labute approximate surface area is 157 Å². The van der Waals surface area contributed by atoms with Crippen molar-refractivity contribution in [2.75, 3.05) is 13.1 Å². The van der Waals surface area contributed by atoms with E-state index in [4.69, 9.17) is 0 Å². The summed E-state index contributed by atoms with van der Waals surface area (Å²) in [6, 6.07) is 12.4. The zero-order valence-electron chi connectivity index (χ0n) is 15.0. The van der Waals surface area contributed by atoms with Crippen molar-refractivity contribution in [3.8, 4) is 0 Å². The number of hydrogen-bond donors (Lipinski definition) is 1. The van der Waals surface area contributed by atoms with E-state index in [0.29, 0.717) is 37.9 Å². The van der Waals surface area contributed by atoms with Crippen molar-refractivity contribution in [2.24, 2.45) is 5.92 Å². The maximum Gasteiger partial charge on any atom is 0.225 e. The molecular formula is C21H22F2N2O2. The second-order valence-electron chi connectivity index (χ2n) is 6.80. The summed E-state index contributed by atoms with van der Waals surface area (Å²) in [5, 5.41) is 2.82. The Morgan fingerprint density at radius 1 is 1.07 bits per heavy atom. The Morgan fingerprint density at radius 3 is 2.44 bits per heavy atom. The van der Waals surface area contributed by atoms with Gasteiger partial charge in [-0.05, 0) is 48.2 Å². The fourth-order valence-corrected chi connectivity index (χ4v) is 3.28. The third-order valence-electron chi connectivity index (χ3n) is 4.79. The highest BCUT2D eigenvalue weighted by Crippen LogP contribution is 2.19. The number of benzene rings is 2. The summed E-state index contributed by atoms with van der Waals surface area (Å²) in [6.07, 6.45) is 1.37. The van der Waals surface area contributed by atoms with Crippen LogP contribution in [0.3, 0.4) is 0 Å². The Bertz CT molecular complexity index is 825. The number of carbonyl (C=O) groups excluding carboxylic acids is 2.